The standard InChI is InChI=1S/C27H28Cl2FN3O4S/c1-4-31-27(35)19(3)32(16-20-7-10-22(30)11-8-20)26(34)17-33(25-15-21(28)9-14-24(25)29)38(36,37)23-12-5-18(2)6-13-23/h5-15,19H,4,16-17H2,1-3H3,(H,31,35)/t19-/m1/s1. The van der Waals surface area contributed by atoms with Crippen LogP contribution in [-0.2, 0) is 26.2 Å². The summed E-state index contributed by atoms with van der Waals surface area (Å²) in [5.41, 5.74) is 1.43. The predicted molar refractivity (Wildman–Crippen MR) is 147 cm³/mol. The van der Waals surface area contributed by atoms with Gasteiger partial charge in [-0.3, -0.25) is 13.9 Å². The van der Waals surface area contributed by atoms with Gasteiger partial charge in [-0.05, 0) is 68.8 Å². The summed E-state index contributed by atoms with van der Waals surface area (Å²) in [5, 5.41) is 2.97. The van der Waals surface area contributed by atoms with Gasteiger partial charge in [0.25, 0.3) is 10.0 Å². The molecule has 0 heterocycles. The van der Waals surface area contributed by atoms with Gasteiger partial charge in [-0.15, -0.1) is 0 Å². The van der Waals surface area contributed by atoms with Crippen molar-refractivity contribution in [1.82, 2.24) is 10.2 Å². The van der Waals surface area contributed by atoms with Crippen LogP contribution in [0.5, 0.6) is 0 Å². The molecule has 3 aromatic carbocycles. The van der Waals surface area contributed by atoms with Crippen LogP contribution in [0.4, 0.5) is 10.1 Å². The normalized spacial score (nSPS) is 12.1. The number of rotatable bonds is 10. The minimum Gasteiger partial charge on any atom is -0.355 e. The first-order chi connectivity index (χ1) is 17.9. The molecule has 3 rings (SSSR count). The molecule has 0 radical (unpaired) electrons. The zero-order valence-corrected chi connectivity index (χ0v) is 23.4. The monoisotopic (exact) mass is 579 g/mol. The van der Waals surface area contributed by atoms with Gasteiger partial charge in [0.05, 0.1) is 15.6 Å². The molecular weight excluding hydrogens is 552 g/mol. The van der Waals surface area contributed by atoms with Crippen LogP contribution in [0.25, 0.3) is 0 Å². The Morgan fingerprint density at radius 3 is 2.24 bits per heavy atom. The van der Waals surface area contributed by atoms with Crippen LogP contribution in [0.15, 0.2) is 71.6 Å². The number of sulfonamides is 1. The van der Waals surface area contributed by atoms with Gasteiger partial charge in [-0.1, -0.05) is 53.0 Å². The lowest BCUT2D eigenvalue weighted by Crippen LogP contribution is -2.51. The van der Waals surface area contributed by atoms with E-state index in [2.05, 4.69) is 5.32 Å². The van der Waals surface area contributed by atoms with Crippen LogP contribution in [0, 0.1) is 12.7 Å². The zero-order chi connectivity index (χ0) is 28.0. The maximum Gasteiger partial charge on any atom is 0.264 e. The fraction of sp³-hybridized carbons (Fsp3) is 0.259. The van der Waals surface area contributed by atoms with Crippen molar-refractivity contribution in [2.75, 3.05) is 17.4 Å². The van der Waals surface area contributed by atoms with E-state index in [0.29, 0.717) is 12.1 Å². The van der Waals surface area contributed by atoms with Crippen molar-refractivity contribution >= 4 is 50.7 Å². The maximum absolute atomic E-state index is 13.8. The molecular formula is C27H28Cl2FN3O4S. The molecule has 0 bridgehead atoms. The highest BCUT2D eigenvalue weighted by atomic mass is 35.5. The van der Waals surface area contributed by atoms with Crippen LogP contribution in [0.3, 0.4) is 0 Å². The molecule has 7 nitrogen and oxygen atoms in total. The Hall–Kier alpha value is -3.14. The molecule has 0 saturated heterocycles. The fourth-order valence-electron chi connectivity index (χ4n) is 3.72. The van der Waals surface area contributed by atoms with Gasteiger partial charge in [-0.25, -0.2) is 12.8 Å². The van der Waals surface area contributed by atoms with Crippen molar-refractivity contribution in [2.24, 2.45) is 0 Å². The van der Waals surface area contributed by atoms with Gasteiger partial charge >= 0.3 is 0 Å². The minimum absolute atomic E-state index is 0.0143. The summed E-state index contributed by atoms with van der Waals surface area (Å²) in [4.78, 5) is 27.7. The van der Waals surface area contributed by atoms with Crippen LogP contribution in [-0.4, -0.2) is 44.3 Å². The van der Waals surface area contributed by atoms with Crippen LogP contribution >= 0.6 is 23.2 Å². The number of amides is 2. The molecule has 202 valence electrons. The van der Waals surface area contributed by atoms with Gasteiger partial charge in [0, 0.05) is 18.1 Å². The molecule has 0 aliphatic carbocycles. The number of aryl methyl sites for hydroxylation is 1. The van der Waals surface area contributed by atoms with Crippen molar-refractivity contribution in [3.05, 3.63) is 93.7 Å². The Morgan fingerprint density at radius 2 is 1.63 bits per heavy atom. The Morgan fingerprint density at radius 1 is 1.00 bits per heavy atom. The number of hydrogen-bond acceptors (Lipinski definition) is 4. The Labute approximate surface area is 232 Å². The molecule has 0 spiro atoms. The molecule has 0 aliphatic heterocycles. The molecule has 0 fully saturated rings. The second-order valence-electron chi connectivity index (χ2n) is 8.64. The molecule has 0 aliphatic rings. The topological polar surface area (TPSA) is 86.8 Å². The second-order valence-corrected chi connectivity index (χ2v) is 11.3. The van der Waals surface area contributed by atoms with Crippen molar-refractivity contribution in [3.63, 3.8) is 0 Å². The first-order valence-electron chi connectivity index (χ1n) is 11.8. The van der Waals surface area contributed by atoms with Crippen LogP contribution in [0.1, 0.15) is 25.0 Å². The summed E-state index contributed by atoms with van der Waals surface area (Å²) in [6.07, 6.45) is 0. The number of nitrogens with one attached hydrogen (secondary N) is 1. The van der Waals surface area contributed by atoms with E-state index in [1.165, 1.54) is 66.4 Å². The summed E-state index contributed by atoms with van der Waals surface area (Å²) in [6.45, 7) is 4.72. The number of nitrogens with zero attached hydrogens (tertiary/aromatic N) is 2. The molecule has 0 unspecified atom stereocenters. The largest absolute Gasteiger partial charge is 0.355 e. The third-order valence-corrected chi connectivity index (χ3v) is 8.18. The minimum atomic E-state index is -4.28. The van der Waals surface area contributed by atoms with Gasteiger partial charge in [-0.2, -0.15) is 0 Å². The number of likely N-dealkylation sites (N-methyl/N-ethyl adjacent to an activating group) is 1. The Bertz CT molecular complexity index is 1400. The summed E-state index contributed by atoms with van der Waals surface area (Å²) in [7, 11) is -4.28. The van der Waals surface area contributed by atoms with E-state index < -0.39 is 40.2 Å². The average molecular weight is 581 g/mol. The van der Waals surface area contributed by atoms with E-state index in [1.54, 1.807) is 19.1 Å². The lowest BCUT2D eigenvalue weighted by molar-refractivity contribution is -0.139. The van der Waals surface area contributed by atoms with Crippen LogP contribution in [0.2, 0.25) is 10.0 Å². The number of benzene rings is 3. The SMILES string of the molecule is CCNC(=O)[C@@H](C)N(Cc1ccc(F)cc1)C(=O)CN(c1cc(Cl)ccc1Cl)S(=O)(=O)c1ccc(C)cc1. The molecule has 38 heavy (non-hydrogen) atoms. The van der Waals surface area contributed by atoms with Crippen LogP contribution < -0.4 is 9.62 Å². The third-order valence-electron chi connectivity index (χ3n) is 5.85. The van der Waals surface area contributed by atoms with E-state index >= 15 is 0 Å². The highest BCUT2D eigenvalue weighted by Crippen LogP contribution is 2.33. The van der Waals surface area contributed by atoms with Gasteiger partial charge < -0.3 is 10.2 Å². The quantitative estimate of drug-likeness (QED) is 0.358. The van der Waals surface area contributed by atoms with E-state index in [4.69, 9.17) is 23.2 Å². The Kier molecular flexibility index (Phi) is 9.76. The third kappa shape index (κ3) is 7.03. The van der Waals surface area contributed by atoms with Gasteiger partial charge in [0.1, 0.15) is 18.4 Å². The van der Waals surface area contributed by atoms with Crippen molar-refractivity contribution in [1.29, 1.82) is 0 Å². The molecule has 1 N–H and O–H groups in total. The second kappa shape index (κ2) is 12.6. The van der Waals surface area contributed by atoms with Crippen molar-refractivity contribution < 1.29 is 22.4 Å². The first-order valence-corrected chi connectivity index (χ1v) is 14.0. The molecule has 11 heteroatoms. The molecule has 0 saturated carbocycles. The summed E-state index contributed by atoms with van der Waals surface area (Å²) < 4.78 is 42.0. The van der Waals surface area contributed by atoms with E-state index in [1.807, 2.05) is 6.92 Å². The zero-order valence-electron chi connectivity index (χ0n) is 21.1. The molecule has 1 atom stereocenters. The number of hydrogen-bond donors (Lipinski definition) is 1. The fourth-order valence-corrected chi connectivity index (χ4v) is 5.58. The summed E-state index contributed by atoms with van der Waals surface area (Å²) in [5.74, 6) is -1.54. The number of halogens is 3. The predicted octanol–water partition coefficient (Wildman–Crippen LogP) is 5.19. The molecule has 2 amide bonds. The molecule has 3 aromatic rings. The summed E-state index contributed by atoms with van der Waals surface area (Å²) in [6, 6.07) is 15.0. The Balaban J connectivity index is 2.07. The van der Waals surface area contributed by atoms with Gasteiger partial charge in [0.2, 0.25) is 11.8 Å². The average Bonchev–Trinajstić information content (AvgIpc) is 2.88. The number of carbonyl (C=O) groups is 2. The van der Waals surface area contributed by atoms with E-state index in [0.717, 1.165) is 9.87 Å². The highest BCUT2D eigenvalue weighted by Gasteiger charge is 2.33. The summed E-state index contributed by atoms with van der Waals surface area (Å²) >= 11 is 12.5. The smallest absolute Gasteiger partial charge is 0.264 e. The highest BCUT2D eigenvalue weighted by molar-refractivity contribution is 7.92. The van der Waals surface area contributed by atoms with E-state index in [9.17, 15) is 22.4 Å². The lowest BCUT2D eigenvalue weighted by Gasteiger charge is -2.32. The van der Waals surface area contributed by atoms with Gasteiger partial charge in [0.15, 0.2) is 0 Å². The first kappa shape index (κ1) is 29.4. The lowest BCUT2D eigenvalue weighted by atomic mass is 10.1. The number of carbonyl (C=O) groups excluding carboxylic acids is 2. The number of anilines is 1. The van der Waals surface area contributed by atoms with Crippen molar-refractivity contribution in [2.45, 2.75) is 38.3 Å². The van der Waals surface area contributed by atoms with E-state index in [-0.39, 0.29) is 27.2 Å². The maximum atomic E-state index is 13.8. The molecule has 0 aromatic heterocycles. The van der Waals surface area contributed by atoms with Crippen molar-refractivity contribution in [3.8, 4) is 0 Å².